The van der Waals surface area contributed by atoms with Crippen LogP contribution in [0, 0.1) is 0 Å². The first-order valence-corrected chi connectivity index (χ1v) is 21.9. The van der Waals surface area contributed by atoms with Crippen molar-refractivity contribution in [3.8, 4) is 50.2 Å². The highest BCUT2D eigenvalue weighted by atomic mass is 15.1. The molecular formula is C61H44N2. The summed E-state index contributed by atoms with van der Waals surface area (Å²) in [5.41, 5.74) is 19.4. The predicted molar refractivity (Wildman–Crippen MR) is 267 cm³/mol. The number of rotatable bonds is 7. The van der Waals surface area contributed by atoms with Gasteiger partial charge in [0, 0.05) is 38.8 Å². The van der Waals surface area contributed by atoms with E-state index < -0.39 is 0 Å². The monoisotopic (exact) mass is 804 g/mol. The minimum atomic E-state index is -0.100. The third-order valence-corrected chi connectivity index (χ3v) is 13.4. The van der Waals surface area contributed by atoms with Gasteiger partial charge in [0.05, 0.1) is 16.7 Å². The lowest BCUT2D eigenvalue weighted by Gasteiger charge is -2.29. The van der Waals surface area contributed by atoms with Gasteiger partial charge in [0.15, 0.2) is 0 Å². The molecule has 298 valence electrons. The van der Waals surface area contributed by atoms with Gasteiger partial charge in [-0.15, -0.1) is 0 Å². The van der Waals surface area contributed by atoms with E-state index in [0.717, 1.165) is 22.7 Å². The van der Waals surface area contributed by atoms with E-state index in [-0.39, 0.29) is 5.41 Å². The van der Waals surface area contributed by atoms with Gasteiger partial charge in [0.2, 0.25) is 0 Å². The molecule has 1 aromatic heterocycles. The Hall–Kier alpha value is -7.94. The Morgan fingerprint density at radius 1 is 0.365 bits per heavy atom. The molecule has 2 heteroatoms. The lowest BCUT2D eigenvalue weighted by molar-refractivity contribution is 0.660. The fourth-order valence-corrected chi connectivity index (χ4v) is 10.5. The topological polar surface area (TPSA) is 8.17 Å². The average Bonchev–Trinajstić information content (AvgIpc) is 3.80. The second-order valence-corrected chi connectivity index (χ2v) is 17.3. The van der Waals surface area contributed by atoms with E-state index in [1.54, 1.807) is 0 Å². The maximum atomic E-state index is 2.44. The summed E-state index contributed by atoms with van der Waals surface area (Å²) in [6.45, 7) is 4.72. The second kappa shape index (κ2) is 14.6. The highest BCUT2D eigenvalue weighted by Crippen LogP contribution is 2.54. The lowest BCUT2D eigenvalue weighted by Crippen LogP contribution is -2.14. The third-order valence-electron chi connectivity index (χ3n) is 13.4. The van der Waals surface area contributed by atoms with Crippen molar-refractivity contribution in [3.05, 3.63) is 242 Å². The molecule has 0 amide bonds. The van der Waals surface area contributed by atoms with E-state index >= 15 is 0 Å². The highest BCUT2D eigenvalue weighted by molar-refractivity contribution is 6.10. The molecule has 0 aliphatic heterocycles. The van der Waals surface area contributed by atoms with E-state index in [1.807, 2.05) is 0 Å². The molecule has 1 aliphatic rings. The van der Waals surface area contributed by atoms with Crippen LogP contribution in [0.5, 0.6) is 0 Å². The van der Waals surface area contributed by atoms with Crippen LogP contribution in [0.15, 0.2) is 231 Å². The smallest absolute Gasteiger partial charge is 0.0541 e. The molecule has 1 heterocycles. The van der Waals surface area contributed by atoms with Gasteiger partial charge in [-0.3, -0.25) is 0 Å². The third kappa shape index (κ3) is 5.86. The van der Waals surface area contributed by atoms with Crippen LogP contribution >= 0.6 is 0 Å². The maximum Gasteiger partial charge on any atom is 0.0541 e. The molecule has 0 atom stereocenters. The molecule has 0 N–H and O–H groups in total. The van der Waals surface area contributed by atoms with E-state index in [4.69, 9.17) is 0 Å². The van der Waals surface area contributed by atoms with Gasteiger partial charge in [-0.1, -0.05) is 190 Å². The molecule has 0 fully saturated rings. The number of aromatic nitrogens is 1. The molecule has 0 radical (unpaired) electrons. The minimum absolute atomic E-state index is 0.100. The lowest BCUT2D eigenvalue weighted by atomic mass is 9.82. The first-order chi connectivity index (χ1) is 31.0. The van der Waals surface area contributed by atoms with Crippen LogP contribution in [-0.2, 0) is 5.41 Å². The summed E-state index contributed by atoms with van der Waals surface area (Å²) < 4.78 is 2.39. The molecule has 0 saturated carbocycles. The Balaban J connectivity index is 1.04. The van der Waals surface area contributed by atoms with Crippen molar-refractivity contribution in [3.63, 3.8) is 0 Å². The fourth-order valence-electron chi connectivity index (χ4n) is 10.5. The summed E-state index contributed by atoms with van der Waals surface area (Å²) >= 11 is 0. The van der Waals surface area contributed by atoms with Gasteiger partial charge in [-0.2, -0.15) is 0 Å². The summed E-state index contributed by atoms with van der Waals surface area (Å²) in [6, 6.07) is 84.6. The minimum Gasteiger partial charge on any atom is -0.310 e. The molecule has 0 saturated heterocycles. The molecule has 11 aromatic rings. The van der Waals surface area contributed by atoms with E-state index in [2.05, 4.69) is 254 Å². The zero-order valence-electron chi connectivity index (χ0n) is 35.3. The molecule has 63 heavy (non-hydrogen) atoms. The number of nitrogens with zero attached hydrogens (tertiary/aromatic N) is 2. The van der Waals surface area contributed by atoms with Gasteiger partial charge in [0.25, 0.3) is 0 Å². The number of hydrogen-bond donors (Lipinski definition) is 0. The van der Waals surface area contributed by atoms with Crippen LogP contribution in [0.1, 0.15) is 25.0 Å². The molecule has 1 aliphatic carbocycles. The Morgan fingerprint density at radius 2 is 0.857 bits per heavy atom. The molecular weight excluding hydrogens is 761 g/mol. The van der Waals surface area contributed by atoms with Crippen molar-refractivity contribution in [2.75, 3.05) is 4.90 Å². The molecule has 2 nitrogen and oxygen atoms in total. The van der Waals surface area contributed by atoms with Crippen molar-refractivity contribution in [1.82, 2.24) is 4.57 Å². The van der Waals surface area contributed by atoms with Gasteiger partial charge >= 0.3 is 0 Å². The zero-order chi connectivity index (χ0) is 42.1. The van der Waals surface area contributed by atoms with Crippen LogP contribution in [0.25, 0.3) is 82.8 Å². The van der Waals surface area contributed by atoms with Crippen LogP contribution in [-0.4, -0.2) is 4.57 Å². The molecule has 0 unspecified atom stereocenters. The van der Waals surface area contributed by atoms with E-state index in [9.17, 15) is 0 Å². The number of hydrogen-bond acceptors (Lipinski definition) is 1. The normalized spacial score (nSPS) is 12.7. The summed E-state index contributed by atoms with van der Waals surface area (Å²) in [5, 5.41) is 5.02. The quantitative estimate of drug-likeness (QED) is 0.156. The van der Waals surface area contributed by atoms with Crippen molar-refractivity contribution in [1.29, 1.82) is 0 Å². The largest absolute Gasteiger partial charge is 0.310 e. The standard InChI is InChI=1S/C61H44N2/c1-61(2)54-28-10-6-24-53(54)60-52(27-16-29-55(60)61)51-23-9-11-30-56(51)62(45-37-39-46(40-38-45)63-57-31-12-7-21-49(57)50-22-8-13-32-58(50)63)44-35-33-42(34-36-44)48-26-15-20-43-19-14-25-47(59(43)48)41-17-4-3-5-18-41/h3-40H,1-2H3. The number of benzene rings is 10. The zero-order valence-corrected chi connectivity index (χ0v) is 35.3. The fraction of sp³-hybridized carbons (Fsp3) is 0.0492. The highest BCUT2D eigenvalue weighted by Gasteiger charge is 2.37. The Bertz CT molecular complexity index is 3460. The molecule has 0 bridgehead atoms. The van der Waals surface area contributed by atoms with Gasteiger partial charge in [-0.05, 0) is 115 Å². The van der Waals surface area contributed by atoms with Crippen LogP contribution in [0.2, 0.25) is 0 Å². The molecule has 12 rings (SSSR count). The van der Waals surface area contributed by atoms with Gasteiger partial charge in [0.1, 0.15) is 0 Å². The van der Waals surface area contributed by atoms with Crippen molar-refractivity contribution < 1.29 is 0 Å². The number of fused-ring (bicyclic) bond motifs is 7. The molecule has 0 spiro atoms. The van der Waals surface area contributed by atoms with Crippen LogP contribution in [0.4, 0.5) is 17.1 Å². The van der Waals surface area contributed by atoms with Crippen LogP contribution < -0.4 is 4.90 Å². The number of para-hydroxylation sites is 3. The van der Waals surface area contributed by atoms with Crippen molar-refractivity contribution in [2.45, 2.75) is 19.3 Å². The van der Waals surface area contributed by atoms with Crippen molar-refractivity contribution in [2.24, 2.45) is 0 Å². The number of anilines is 3. The van der Waals surface area contributed by atoms with Crippen LogP contribution in [0.3, 0.4) is 0 Å². The first-order valence-electron chi connectivity index (χ1n) is 21.9. The Labute approximate surface area is 368 Å². The van der Waals surface area contributed by atoms with Crippen molar-refractivity contribution >= 4 is 49.6 Å². The van der Waals surface area contributed by atoms with Gasteiger partial charge < -0.3 is 9.47 Å². The maximum absolute atomic E-state index is 2.44. The second-order valence-electron chi connectivity index (χ2n) is 17.3. The summed E-state index contributed by atoms with van der Waals surface area (Å²) in [4.78, 5) is 2.44. The predicted octanol–water partition coefficient (Wildman–Crippen LogP) is 16.7. The van der Waals surface area contributed by atoms with E-state index in [0.29, 0.717) is 0 Å². The Kier molecular flexibility index (Phi) is 8.55. The SMILES string of the molecule is CC1(C)c2ccccc2-c2c(-c3ccccc3N(c3ccc(-c4cccc5cccc(-c6ccccc6)c45)cc3)c3ccc(-n4c5ccccc5c5ccccc54)cc3)cccc21. The summed E-state index contributed by atoms with van der Waals surface area (Å²) in [6.07, 6.45) is 0. The Morgan fingerprint density at radius 3 is 1.54 bits per heavy atom. The summed E-state index contributed by atoms with van der Waals surface area (Å²) in [7, 11) is 0. The molecule has 10 aromatic carbocycles. The first kappa shape index (κ1) is 36.9. The van der Waals surface area contributed by atoms with Gasteiger partial charge in [-0.25, -0.2) is 0 Å². The summed E-state index contributed by atoms with van der Waals surface area (Å²) in [5.74, 6) is 0. The van der Waals surface area contributed by atoms with E-state index in [1.165, 1.54) is 88.2 Å². The average molecular weight is 805 g/mol.